The summed E-state index contributed by atoms with van der Waals surface area (Å²) in [4.78, 5) is 2.43. The van der Waals surface area contributed by atoms with Crippen molar-refractivity contribution in [2.24, 2.45) is 11.3 Å². The van der Waals surface area contributed by atoms with Crippen LogP contribution in [0.1, 0.15) is 47.0 Å². The highest BCUT2D eigenvalue weighted by Gasteiger charge is 2.38. The molecule has 108 valence electrons. The Morgan fingerprint density at radius 2 is 2.06 bits per heavy atom. The van der Waals surface area contributed by atoms with E-state index in [-0.39, 0.29) is 11.5 Å². The number of aliphatic hydroxyl groups excluding tert-OH is 1. The number of ether oxygens (including phenoxy) is 1. The van der Waals surface area contributed by atoms with Gasteiger partial charge in [0.1, 0.15) is 0 Å². The van der Waals surface area contributed by atoms with E-state index in [0.29, 0.717) is 12.0 Å². The molecule has 1 fully saturated rings. The van der Waals surface area contributed by atoms with Crippen LogP contribution >= 0.6 is 0 Å². The molecule has 0 aromatic heterocycles. The highest BCUT2D eigenvalue weighted by molar-refractivity contribution is 4.89. The first kappa shape index (κ1) is 15.9. The molecule has 0 heterocycles. The fourth-order valence-electron chi connectivity index (χ4n) is 3.02. The van der Waals surface area contributed by atoms with Gasteiger partial charge in [0.25, 0.3) is 0 Å². The first-order valence-electron chi connectivity index (χ1n) is 7.29. The summed E-state index contributed by atoms with van der Waals surface area (Å²) >= 11 is 0. The van der Waals surface area contributed by atoms with E-state index in [1.807, 2.05) is 0 Å². The molecular formula is C15H31NO2. The molecule has 1 aliphatic rings. The van der Waals surface area contributed by atoms with Crippen molar-refractivity contribution in [3.8, 4) is 0 Å². The summed E-state index contributed by atoms with van der Waals surface area (Å²) in [5, 5.41) is 10.5. The van der Waals surface area contributed by atoms with E-state index in [9.17, 15) is 5.11 Å². The van der Waals surface area contributed by atoms with Crippen LogP contribution in [-0.2, 0) is 4.74 Å². The lowest BCUT2D eigenvalue weighted by Crippen LogP contribution is -2.47. The number of hydrogen-bond donors (Lipinski definition) is 1. The Bertz CT molecular complexity index is 241. The maximum Gasteiger partial charge on any atom is 0.0631 e. The first-order chi connectivity index (χ1) is 8.38. The standard InChI is InChI=1S/C15H31NO2/c1-12(2)16(9-10-18-5)11-13-7-6-8-15(3,4)14(13)17/h12-14,17H,6-11H2,1-5H3. The fourth-order valence-corrected chi connectivity index (χ4v) is 3.02. The lowest BCUT2D eigenvalue weighted by molar-refractivity contribution is -0.0473. The van der Waals surface area contributed by atoms with Crippen LogP contribution in [-0.4, -0.2) is 49.0 Å². The van der Waals surface area contributed by atoms with Gasteiger partial charge in [0.2, 0.25) is 0 Å². The molecule has 0 aromatic rings. The maximum atomic E-state index is 10.5. The summed E-state index contributed by atoms with van der Waals surface area (Å²) in [6.07, 6.45) is 3.37. The molecule has 3 heteroatoms. The molecule has 0 bridgehead atoms. The average molecular weight is 257 g/mol. The minimum absolute atomic E-state index is 0.0762. The largest absolute Gasteiger partial charge is 0.392 e. The van der Waals surface area contributed by atoms with Crippen LogP contribution in [0.2, 0.25) is 0 Å². The van der Waals surface area contributed by atoms with E-state index in [2.05, 4.69) is 32.6 Å². The third-order valence-electron chi connectivity index (χ3n) is 4.43. The Morgan fingerprint density at radius 1 is 1.39 bits per heavy atom. The average Bonchev–Trinajstić information content (AvgIpc) is 2.29. The molecule has 2 unspecified atom stereocenters. The molecule has 0 saturated heterocycles. The van der Waals surface area contributed by atoms with E-state index >= 15 is 0 Å². The van der Waals surface area contributed by atoms with E-state index in [1.165, 1.54) is 6.42 Å². The topological polar surface area (TPSA) is 32.7 Å². The van der Waals surface area contributed by atoms with Gasteiger partial charge in [-0.25, -0.2) is 0 Å². The minimum atomic E-state index is -0.171. The second-order valence-electron chi connectivity index (χ2n) is 6.67. The molecule has 1 saturated carbocycles. The van der Waals surface area contributed by atoms with Crippen molar-refractivity contribution in [1.29, 1.82) is 0 Å². The van der Waals surface area contributed by atoms with Gasteiger partial charge in [0.15, 0.2) is 0 Å². The smallest absolute Gasteiger partial charge is 0.0631 e. The van der Waals surface area contributed by atoms with Gasteiger partial charge < -0.3 is 9.84 Å². The highest BCUT2D eigenvalue weighted by Crippen LogP contribution is 2.39. The molecule has 0 aromatic carbocycles. The predicted molar refractivity (Wildman–Crippen MR) is 75.7 cm³/mol. The summed E-state index contributed by atoms with van der Waals surface area (Å²) in [5.41, 5.74) is 0.0762. The second kappa shape index (κ2) is 6.88. The SMILES string of the molecule is COCCN(CC1CCCC(C)(C)C1O)C(C)C. The zero-order valence-electron chi connectivity index (χ0n) is 12.8. The van der Waals surface area contributed by atoms with Crippen molar-refractivity contribution in [2.45, 2.75) is 59.1 Å². The van der Waals surface area contributed by atoms with Crippen molar-refractivity contribution in [1.82, 2.24) is 4.90 Å². The van der Waals surface area contributed by atoms with Crippen molar-refractivity contribution in [3.05, 3.63) is 0 Å². The lowest BCUT2D eigenvalue weighted by atomic mass is 9.69. The summed E-state index contributed by atoms with van der Waals surface area (Å²) in [6.45, 7) is 11.5. The number of aliphatic hydroxyl groups is 1. The molecule has 1 rings (SSSR count). The normalized spacial score (nSPS) is 28.0. The Balaban J connectivity index is 2.57. The summed E-state index contributed by atoms with van der Waals surface area (Å²) in [7, 11) is 1.75. The predicted octanol–water partition coefficient (Wildman–Crippen LogP) is 2.53. The van der Waals surface area contributed by atoms with Crippen LogP contribution in [0.25, 0.3) is 0 Å². The molecule has 3 nitrogen and oxygen atoms in total. The molecule has 2 atom stereocenters. The number of hydrogen-bond acceptors (Lipinski definition) is 3. The highest BCUT2D eigenvalue weighted by atomic mass is 16.5. The molecule has 1 aliphatic carbocycles. The Morgan fingerprint density at radius 3 is 2.61 bits per heavy atom. The van der Waals surface area contributed by atoms with Crippen LogP contribution in [0.5, 0.6) is 0 Å². The zero-order valence-corrected chi connectivity index (χ0v) is 12.8. The van der Waals surface area contributed by atoms with Crippen LogP contribution < -0.4 is 0 Å². The summed E-state index contributed by atoms with van der Waals surface area (Å²) in [6, 6.07) is 0.511. The quantitative estimate of drug-likeness (QED) is 0.793. The van der Waals surface area contributed by atoms with Gasteiger partial charge in [0, 0.05) is 26.2 Å². The first-order valence-corrected chi connectivity index (χ1v) is 7.29. The van der Waals surface area contributed by atoms with E-state index < -0.39 is 0 Å². The number of methoxy groups -OCH3 is 1. The van der Waals surface area contributed by atoms with Gasteiger partial charge >= 0.3 is 0 Å². The zero-order chi connectivity index (χ0) is 13.8. The molecule has 0 aliphatic heterocycles. The third-order valence-corrected chi connectivity index (χ3v) is 4.43. The summed E-state index contributed by atoms with van der Waals surface area (Å²) in [5.74, 6) is 0.410. The van der Waals surface area contributed by atoms with Crippen LogP contribution in [0.4, 0.5) is 0 Å². The van der Waals surface area contributed by atoms with Crippen molar-refractivity contribution in [3.63, 3.8) is 0 Å². The Kier molecular flexibility index (Phi) is 6.09. The van der Waals surface area contributed by atoms with Gasteiger partial charge in [-0.2, -0.15) is 0 Å². The number of nitrogens with zero attached hydrogens (tertiary/aromatic N) is 1. The van der Waals surface area contributed by atoms with E-state index in [0.717, 1.165) is 32.5 Å². The number of rotatable bonds is 6. The molecule has 0 amide bonds. The fraction of sp³-hybridized carbons (Fsp3) is 1.00. The van der Waals surface area contributed by atoms with Crippen molar-refractivity contribution < 1.29 is 9.84 Å². The van der Waals surface area contributed by atoms with Gasteiger partial charge in [-0.1, -0.05) is 20.3 Å². The van der Waals surface area contributed by atoms with Gasteiger partial charge in [-0.15, -0.1) is 0 Å². The lowest BCUT2D eigenvalue weighted by Gasteiger charge is -2.43. The third kappa shape index (κ3) is 4.22. The minimum Gasteiger partial charge on any atom is -0.392 e. The van der Waals surface area contributed by atoms with Crippen molar-refractivity contribution >= 4 is 0 Å². The second-order valence-corrected chi connectivity index (χ2v) is 6.67. The Labute approximate surface area is 113 Å². The van der Waals surface area contributed by atoms with Crippen LogP contribution in [0.3, 0.4) is 0 Å². The molecular weight excluding hydrogens is 226 g/mol. The molecule has 18 heavy (non-hydrogen) atoms. The summed E-state index contributed by atoms with van der Waals surface area (Å²) < 4.78 is 5.18. The monoisotopic (exact) mass is 257 g/mol. The van der Waals surface area contributed by atoms with Crippen LogP contribution in [0.15, 0.2) is 0 Å². The Hall–Kier alpha value is -0.120. The molecule has 0 radical (unpaired) electrons. The molecule has 0 spiro atoms. The van der Waals surface area contributed by atoms with Crippen LogP contribution in [0, 0.1) is 11.3 Å². The van der Waals surface area contributed by atoms with Gasteiger partial charge in [0.05, 0.1) is 12.7 Å². The van der Waals surface area contributed by atoms with Gasteiger partial charge in [-0.3, -0.25) is 4.90 Å². The van der Waals surface area contributed by atoms with E-state index in [1.54, 1.807) is 7.11 Å². The molecule has 1 N–H and O–H groups in total. The van der Waals surface area contributed by atoms with Crippen molar-refractivity contribution in [2.75, 3.05) is 26.8 Å². The maximum absolute atomic E-state index is 10.5. The van der Waals surface area contributed by atoms with Gasteiger partial charge in [-0.05, 0) is 38.0 Å². The van der Waals surface area contributed by atoms with E-state index in [4.69, 9.17) is 4.74 Å².